The number of aromatic nitrogens is 3. The van der Waals surface area contributed by atoms with Crippen LogP contribution in [0.25, 0.3) is 0 Å². The minimum absolute atomic E-state index is 0.122. The lowest BCUT2D eigenvalue weighted by atomic mass is 10.3. The predicted octanol–water partition coefficient (Wildman–Crippen LogP) is 1.65. The lowest BCUT2D eigenvalue weighted by Gasteiger charge is -2.11. The Kier molecular flexibility index (Phi) is 6.54. The van der Waals surface area contributed by atoms with Crippen LogP contribution in [-0.2, 0) is 20.7 Å². The molecule has 2 aromatic rings. The summed E-state index contributed by atoms with van der Waals surface area (Å²) in [6.45, 7) is 1.66. The molecule has 0 aliphatic rings. The summed E-state index contributed by atoms with van der Waals surface area (Å²) in [6, 6.07) is 4.40. The van der Waals surface area contributed by atoms with E-state index in [-0.39, 0.29) is 23.2 Å². The second-order valence-corrected chi connectivity index (χ2v) is 6.67. The molecule has 2 heterocycles. The van der Waals surface area contributed by atoms with E-state index in [1.807, 2.05) is 0 Å². The van der Waals surface area contributed by atoms with Crippen LogP contribution in [-0.4, -0.2) is 39.2 Å². The van der Waals surface area contributed by atoms with Crippen molar-refractivity contribution in [1.82, 2.24) is 15.0 Å². The number of ether oxygens (including phenoxy) is 1. The molecule has 1 amide bonds. The first kappa shape index (κ1) is 18.9. The SMILES string of the molecule is COC(=O)Cc1cc(=O)[nH]c(S[C@H](C)C(=O)Nc2ccc(Cl)cn2)n1. The number of nitrogens with one attached hydrogen (secondary N) is 2. The van der Waals surface area contributed by atoms with Crippen LogP contribution in [0, 0.1) is 0 Å². The van der Waals surface area contributed by atoms with Gasteiger partial charge in [-0.2, -0.15) is 0 Å². The Balaban J connectivity index is 2.04. The Morgan fingerprint density at radius 1 is 1.44 bits per heavy atom. The number of hydrogen-bond acceptors (Lipinski definition) is 7. The first-order valence-electron chi connectivity index (χ1n) is 7.13. The normalized spacial score (nSPS) is 11.6. The summed E-state index contributed by atoms with van der Waals surface area (Å²) in [7, 11) is 1.25. The van der Waals surface area contributed by atoms with Gasteiger partial charge in [0.25, 0.3) is 5.56 Å². The molecule has 0 radical (unpaired) electrons. The molecule has 0 aliphatic heterocycles. The monoisotopic (exact) mass is 382 g/mol. The number of aromatic amines is 1. The number of thioether (sulfide) groups is 1. The van der Waals surface area contributed by atoms with Crippen LogP contribution in [0.1, 0.15) is 12.6 Å². The first-order chi connectivity index (χ1) is 11.9. The summed E-state index contributed by atoms with van der Waals surface area (Å²) in [5.41, 5.74) is -0.145. The van der Waals surface area contributed by atoms with E-state index >= 15 is 0 Å². The van der Waals surface area contributed by atoms with Crippen molar-refractivity contribution >= 4 is 41.1 Å². The van der Waals surface area contributed by atoms with Crippen LogP contribution in [0.4, 0.5) is 5.82 Å². The van der Waals surface area contributed by atoms with E-state index < -0.39 is 16.8 Å². The highest BCUT2D eigenvalue weighted by Gasteiger charge is 2.17. The van der Waals surface area contributed by atoms with Crippen LogP contribution in [0.5, 0.6) is 0 Å². The molecule has 132 valence electrons. The van der Waals surface area contributed by atoms with E-state index in [9.17, 15) is 14.4 Å². The van der Waals surface area contributed by atoms with Crippen LogP contribution < -0.4 is 10.9 Å². The van der Waals surface area contributed by atoms with Gasteiger partial charge in [-0.15, -0.1) is 0 Å². The van der Waals surface area contributed by atoms with Gasteiger partial charge in [0, 0.05) is 12.3 Å². The number of nitrogens with zero attached hydrogens (tertiary/aromatic N) is 2. The van der Waals surface area contributed by atoms with Gasteiger partial charge < -0.3 is 15.0 Å². The molecule has 0 saturated heterocycles. The number of carbonyl (C=O) groups is 2. The maximum Gasteiger partial charge on any atom is 0.311 e. The second-order valence-electron chi connectivity index (χ2n) is 4.91. The van der Waals surface area contributed by atoms with Crippen molar-refractivity contribution < 1.29 is 14.3 Å². The number of H-pyrrole nitrogens is 1. The van der Waals surface area contributed by atoms with Gasteiger partial charge in [-0.25, -0.2) is 9.97 Å². The zero-order valence-corrected chi connectivity index (χ0v) is 15.0. The van der Waals surface area contributed by atoms with Crippen LogP contribution >= 0.6 is 23.4 Å². The molecular weight excluding hydrogens is 368 g/mol. The molecule has 0 fully saturated rings. The van der Waals surface area contributed by atoms with E-state index in [1.54, 1.807) is 19.1 Å². The molecule has 0 aromatic carbocycles. The summed E-state index contributed by atoms with van der Waals surface area (Å²) in [5, 5.41) is 2.77. The van der Waals surface area contributed by atoms with Gasteiger partial charge in [0.15, 0.2) is 5.16 Å². The molecular formula is C15H15ClN4O4S. The van der Waals surface area contributed by atoms with Crippen molar-refractivity contribution in [3.63, 3.8) is 0 Å². The average Bonchev–Trinajstić information content (AvgIpc) is 2.56. The van der Waals surface area contributed by atoms with Gasteiger partial charge in [0.1, 0.15) is 5.82 Å². The Bertz CT molecular complexity index is 825. The molecule has 10 heteroatoms. The van der Waals surface area contributed by atoms with Crippen molar-refractivity contribution in [1.29, 1.82) is 0 Å². The van der Waals surface area contributed by atoms with Crippen LogP contribution in [0.3, 0.4) is 0 Å². The van der Waals surface area contributed by atoms with Gasteiger partial charge in [0.2, 0.25) is 5.91 Å². The third-order valence-electron chi connectivity index (χ3n) is 2.96. The van der Waals surface area contributed by atoms with E-state index in [0.717, 1.165) is 11.8 Å². The summed E-state index contributed by atoms with van der Waals surface area (Å²) in [4.78, 5) is 45.8. The van der Waals surface area contributed by atoms with E-state index in [1.165, 1.54) is 19.4 Å². The maximum absolute atomic E-state index is 12.2. The highest BCUT2D eigenvalue weighted by atomic mass is 35.5. The summed E-state index contributed by atoms with van der Waals surface area (Å²) in [6.07, 6.45) is 1.30. The third-order valence-corrected chi connectivity index (χ3v) is 4.17. The molecule has 1 atom stereocenters. The predicted molar refractivity (Wildman–Crippen MR) is 93.8 cm³/mol. The number of amides is 1. The standard InChI is InChI=1S/C15H15ClN4O4S/c1-8(14(23)19-11-4-3-9(16)7-17-11)25-15-18-10(5-12(21)20-15)6-13(22)24-2/h3-5,7-8H,6H2,1-2H3,(H,17,19,23)(H,18,20,21)/t8-/m1/s1. The number of halogens is 1. The van der Waals surface area contributed by atoms with Crippen molar-refractivity contribution in [2.24, 2.45) is 0 Å². The molecule has 0 unspecified atom stereocenters. The Morgan fingerprint density at radius 2 is 2.20 bits per heavy atom. The number of carbonyl (C=O) groups excluding carboxylic acids is 2. The fourth-order valence-electron chi connectivity index (χ4n) is 1.75. The largest absolute Gasteiger partial charge is 0.469 e. The summed E-state index contributed by atoms with van der Waals surface area (Å²) in [5.74, 6) is -0.461. The minimum Gasteiger partial charge on any atom is -0.469 e. The summed E-state index contributed by atoms with van der Waals surface area (Å²) < 4.78 is 4.55. The zero-order chi connectivity index (χ0) is 18.4. The highest BCUT2D eigenvalue weighted by molar-refractivity contribution is 8.00. The average molecular weight is 383 g/mol. The Labute approximate surface area is 152 Å². The minimum atomic E-state index is -0.561. The van der Waals surface area contributed by atoms with Crippen LogP contribution in [0.15, 0.2) is 34.3 Å². The van der Waals surface area contributed by atoms with Crippen LogP contribution in [0.2, 0.25) is 5.02 Å². The van der Waals surface area contributed by atoms with Crippen molar-refractivity contribution in [2.75, 3.05) is 12.4 Å². The number of anilines is 1. The maximum atomic E-state index is 12.2. The molecule has 8 nitrogen and oxygen atoms in total. The Hall–Kier alpha value is -2.39. The lowest BCUT2D eigenvalue weighted by Crippen LogP contribution is -2.24. The van der Waals surface area contributed by atoms with Crippen molar-refractivity contribution in [3.8, 4) is 0 Å². The zero-order valence-electron chi connectivity index (χ0n) is 13.4. The highest BCUT2D eigenvalue weighted by Crippen LogP contribution is 2.20. The molecule has 2 rings (SSSR count). The fraction of sp³-hybridized carbons (Fsp3) is 0.267. The lowest BCUT2D eigenvalue weighted by molar-refractivity contribution is -0.139. The van der Waals surface area contributed by atoms with Gasteiger partial charge in [-0.3, -0.25) is 14.4 Å². The van der Waals surface area contributed by atoms with E-state index in [0.29, 0.717) is 10.8 Å². The fourth-order valence-corrected chi connectivity index (χ4v) is 2.69. The van der Waals surface area contributed by atoms with Crippen molar-refractivity contribution in [3.05, 3.63) is 45.5 Å². The third kappa shape index (κ3) is 5.87. The molecule has 0 bridgehead atoms. The summed E-state index contributed by atoms with van der Waals surface area (Å²) >= 11 is 6.79. The number of rotatable bonds is 6. The molecule has 0 aliphatic carbocycles. The van der Waals surface area contributed by atoms with Gasteiger partial charge in [0.05, 0.1) is 29.5 Å². The number of methoxy groups -OCH3 is 1. The van der Waals surface area contributed by atoms with Crippen molar-refractivity contribution in [2.45, 2.75) is 23.8 Å². The number of hydrogen-bond donors (Lipinski definition) is 2. The van der Waals surface area contributed by atoms with Gasteiger partial charge >= 0.3 is 5.97 Å². The molecule has 25 heavy (non-hydrogen) atoms. The van der Waals surface area contributed by atoms with Gasteiger partial charge in [-0.1, -0.05) is 23.4 Å². The molecule has 2 aromatic heterocycles. The number of esters is 1. The molecule has 2 N–H and O–H groups in total. The first-order valence-corrected chi connectivity index (χ1v) is 8.39. The number of pyridine rings is 1. The Morgan fingerprint density at radius 3 is 2.84 bits per heavy atom. The van der Waals surface area contributed by atoms with E-state index in [2.05, 4.69) is 25.0 Å². The topological polar surface area (TPSA) is 114 Å². The molecule has 0 spiro atoms. The smallest absolute Gasteiger partial charge is 0.311 e. The van der Waals surface area contributed by atoms with Gasteiger partial charge in [-0.05, 0) is 19.1 Å². The quantitative estimate of drug-likeness (QED) is 0.443. The molecule has 0 saturated carbocycles. The van der Waals surface area contributed by atoms with E-state index in [4.69, 9.17) is 11.6 Å². The second kappa shape index (κ2) is 8.63.